The van der Waals surface area contributed by atoms with Crippen LogP contribution in [0.4, 0.5) is 11.4 Å². The van der Waals surface area contributed by atoms with Crippen molar-refractivity contribution in [1.82, 2.24) is 10.2 Å². The number of Topliss-reactive ketones (excluding diaryl/α,β-unsaturated/α-hetero) is 1. The maximum absolute atomic E-state index is 12.3. The van der Waals surface area contributed by atoms with Gasteiger partial charge in [-0.25, -0.2) is 0 Å². The number of amides is 1. The van der Waals surface area contributed by atoms with E-state index in [9.17, 15) is 9.59 Å². The summed E-state index contributed by atoms with van der Waals surface area (Å²) < 4.78 is 0. The summed E-state index contributed by atoms with van der Waals surface area (Å²) in [6.07, 6.45) is 0.918. The molecule has 0 unspecified atom stereocenters. The highest BCUT2D eigenvalue weighted by molar-refractivity contribution is 5.94. The van der Waals surface area contributed by atoms with E-state index in [0.717, 1.165) is 50.4 Å². The molecule has 30 heavy (non-hydrogen) atoms. The van der Waals surface area contributed by atoms with Gasteiger partial charge in [0, 0.05) is 63.3 Å². The van der Waals surface area contributed by atoms with E-state index in [1.807, 2.05) is 42.5 Å². The number of piperazine rings is 1. The summed E-state index contributed by atoms with van der Waals surface area (Å²) in [5.41, 5.74) is 3.06. The first-order valence-electron chi connectivity index (χ1n) is 10.6. The predicted octanol–water partition coefficient (Wildman–Crippen LogP) is 2.65. The molecule has 0 saturated carbocycles. The lowest BCUT2D eigenvalue weighted by atomic mass is 10.1. The average molecular weight is 409 g/mol. The Bertz CT molecular complexity index is 815. The van der Waals surface area contributed by atoms with Crippen LogP contribution in [0, 0.1) is 0 Å². The molecule has 1 aliphatic heterocycles. The second kappa shape index (κ2) is 10.8. The number of ketones is 1. The van der Waals surface area contributed by atoms with Gasteiger partial charge in [-0.3, -0.25) is 14.5 Å². The van der Waals surface area contributed by atoms with Gasteiger partial charge in [-0.15, -0.1) is 0 Å². The number of nitrogens with zero attached hydrogens (tertiary/aromatic N) is 3. The van der Waals surface area contributed by atoms with Crippen LogP contribution in [-0.4, -0.2) is 69.5 Å². The first-order valence-corrected chi connectivity index (χ1v) is 10.6. The molecule has 1 N–H and O–H groups in total. The molecule has 2 aromatic rings. The predicted molar refractivity (Wildman–Crippen MR) is 122 cm³/mol. The maximum atomic E-state index is 12.3. The minimum absolute atomic E-state index is 0.0871. The number of hydrogen-bond donors (Lipinski definition) is 1. The van der Waals surface area contributed by atoms with Crippen molar-refractivity contribution >= 4 is 23.1 Å². The van der Waals surface area contributed by atoms with Gasteiger partial charge in [-0.1, -0.05) is 18.2 Å². The first-order chi connectivity index (χ1) is 14.5. The lowest BCUT2D eigenvalue weighted by Gasteiger charge is -2.35. The second-order valence-corrected chi connectivity index (χ2v) is 7.83. The fraction of sp³-hybridized carbons (Fsp3) is 0.417. The summed E-state index contributed by atoms with van der Waals surface area (Å²) in [7, 11) is 2.07. The van der Waals surface area contributed by atoms with Crippen LogP contribution in [0.25, 0.3) is 0 Å². The Morgan fingerprint density at radius 3 is 2.27 bits per heavy atom. The summed E-state index contributed by atoms with van der Waals surface area (Å²) in [5.74, 6) is 0.181. The van der Waals surface area contributed by atoms with Crippen molar-refractivity contribution in [2.24, 2.45) is 0 Å². The fourth-order valence-corrected chi connectivity index (χ4v) is 3.69. The minimum Gasteiger partial charge on any atom is -0.375 e. The lowest BCUT2D eigenvalue weighted by Crippen LogP contribution is -2.49. The van der Waals surface area contributed by atoms with Crippen molar-refractivity contribution < 1.29 is 9.59 Å². The summed E-state index contributed by atoms with van der Waals surface area (Å²) >= 11 is 0. The van der Waals surface area contributed by atoms with Crippen molar-refractivity contribution in [3.05, 3.63) is 60.2 Å². The average Bonchev–Trinajstić information content (AvgIpc) is 2.78. The van der Waals surface area contributed by atoms with Gasteiger partial charge in [0.2, 0.25) is 5.91 Å². The molecule has 1 saturated heterocycles. The van der Waals surface area contributed by atoms with Gasteiger partial charge in [0.25, 0.3) is 0 Å². The molecule has 2 aromatic carbocycles. The molecule has 3 rings (SSSR count). The van der Waals surface area contributed by atoms with Crippen molar-refractivity contribution in [2.45, 2.75) is 13.3 Å². The molecule has 1 amide bonds. The van der Waals surface area contributed by atoms with E-state index in [0.29, 0.717) is 13.1 Å². The van der Waals surface area contributed by atoms with E-state index in [1.54, 1.807) is 6.92 Å². The smallest absolute Gasteiger partial charge is 0.234 e. The van der Waals surface area contributed by atoms with E-state index in [2.05, 4.69) is 39.2 Å². The Morgan fingerprint density at radius 1 is 0.967 bits per heavy atom. The first kappa shape index (κ1) is 21.8. The topological polar surface area (TPSA) is 55.9 Å². The molecule has 0 spiro atoms. The van der Waals surface area contributed by atoms with E-state index < -0.39 is 0 Å². The summed E-state index contributed by atoms with van der Waals surface area (Å²) in [4.78, 5) is 30.4. The number of carbonyl (C=O) groups is 2. The van der Waals surface area contributed by atoms with Gasteiger partial charge >= 0.3 is 0 Å². The van der Waals surface area contributed by atoms with Crippen LogP contribution in [0.2, 0.25) is 0 Å². The third kappa shape index (κ3) is 6.32. The monoisotopic (exact) mass is 408 g/mol. The summed E-state index contributed by atoms with van der Waals surface area (Å²) in [6, 6.07) is 18.0. The zero-order valence-corrected chi connectivity index (χ0v) is 18.0. The molecule has 1 aliphatic rings. The van der Waals surface area contributed by atoms with Crippen LogP contribution in [-0.2, 0) is 4.79 Å². The summed E-state index contributed by atoms with van der Waals surface area (Å²) in [5, 5.41) is 3.04. The number of para-hydroxylation sites is 1. The van der Waals surface area contributed by atoms with E-state index in [1.165, 1.54) is 5.69 Å². The molecule has 160 valence electrons. The molecule has 0 atom stereocenters. The Kier molecular flexibility index (Phi) is 7.85. The number of rotatable bonds is 9. The molecular weight excluding hydrogens is 376 g/mol. The largest absolute Gasteiger partial charge is 0.375 e. The Morgan fingerprint density at radius 2 is 1.63 bits per heavy atom. The highest BCUT2D eigenvalue weighted by atomic mass is 16.2. The molecule has 0 radical (unpaired) electrons. The van der Waals surface area contributed by atoms with Crippen LogP contribution in [0.5, 0.6) is 0 Å². The number of benzene rings is 2. The van der Waals surface area contributed by atoms with Crippen LogP contribution in [0.15, 0.2) is 54.6 Å². The third-order valence-corrected chi connectivity index (χ3v) is 5.57. The number of nitrogens with one attached hydrogen (secondary N) is 1. The molecule has 0 bridgehead atoms. The molecule has 6 nitrogen and oxygen atoms in total. The molecular formula is C24H32N4O2. The standard InChI is InChI=1S/C24H32N4O2/c1-20(29)21-9-11-23(12-10-21)28-17-15-27(16-18-28)19-24(30)25-13-6-14-26(2)22-7-4-3-5-8-22/h3-5,7-12H,6,13-19H2,1-2H3,(H,25,30). The van der Waals surface area contributed by atoms with Crippen molar-refractivity contribution in [3.8, 4) is 0 Å². The second-order valence-electron chi connectivity index (χ2n) is 7.83. The maximum Gasteiger partial charge on any atom is 0.234 e. The molecule has 6 heteroatoms. The zero-order valence-electron chi connectivity index (χ0n) is 18.0. The van der Waals surface area contributed by atoms with Crippen LogP contribution < -0.4 is 15.1 Å². The lowest BCUT2D eigenvalue weighted by molar-refractivity contribution is -0.122. The van der Waals surface area contributed by atoms with Gasteiger partial charge in [0.1, 0.15) is 0 Å². The SMILES string of the molecule is CC(=O)c1ccc(N2CCN(CC(=O)NCCCN(C)c3ccccc3)CC2)cc1. The van der Waals surface area contributed by atoms with Crippen LogP contribution in [0.3, 0.4) is 0 Å². The number of carbonyl (C=O) groups excluding carboxylic acids is 2. The highest BCUT2D eigenvalue weighted by Gasteiger charge is 2.19. The number of anilines is 2. The van der Waals surface area contributed by atoms with Gasteiger partial charge in [0.15, 0.2) is 5.78 Å². The zero-order chi connectivity index (χ0) is 21.3. The normalized spacial score (nSPS) is 14.4. The Labute approximate surface area is 179 Å². The van der Waals surface area contributed by atoms with Crippen molar-refractivity contribution in [3.63, 3.8) is 0 Å². The van der Waals surface area contributed by atoms with Gasteiger partial charge in [0.05, 0.1) is 6.54 Å². The van der Waals surface area contributed by atoms with Crippen LogP contribution in [0.1, 0.15) is 23.7 Å². The molecule has 1 heterocycles. The molecule has 0 aromatic heterocycles. The van der Waals surface area contributed by atoms with E-state index >= 15 is 0 Å². The Balaban J connectivity index is 1.32. The molecule has 0 aliphatic carbocycles. The quantitative estimate of drug-likeness (QED) is 0.511. The van der Waals surface area contributed by atoms with Crippen molar-refractivity contribution in [1.29, 1.82) is 0 Å². The van der Waals surface area contributed by atoms with Crippen LogP contribution >= 0.6 is 0 Å². The highest BCUT2D eigenvalue weighted by Crippen LogP contribution is 2.17. The van der Waals surface area contributed by atoms with E-state index in [4.69, 9.17) is 0 Å². The van der Waals surface area contributed by atoms with Gasteiger partial charge in [-0.2, -0.15) is 0 Å². The van der Waals surface area contributed by atoms with Crippen molar-refractivity contribution in [2.75, 3.05) is 62.7 Å². The molecule has 1 fully saturated rings. The van der Waals surface area contributed by atoms with E-state index in [-0.39, 0.29) is 11.7 Å². The fourth-order valence-electron chi connectivity index (χ4n) is 3.69. The summed E-state index contributed by atoms with van der Waals surface area (Å²) in [6.45, 7) is 7.12. The minimum atomic E-state index is 0.0871. The Hall–Kier alpha value is -2.86. The van der Waals surface area contributed by atoms with Gasteiger partial charge in [-0.05, 0) is 49.7 Å². The third-order valence-electron chi connectivity index (χ3n) is 5.57. The van der Waals surface area contributed by atoms with Gasteiger partial charge < -0.3 is 15.1 Å². The number of hydrogen-bond acceptors (Lipinski definition) is 5.